The van der Waals surface area contributed by atoms with E-state index in [0.29, 0.717) is 17.7 Å². The van der Waals surface area contributed by atoms with Gasteiger partial charge in [0.2, 0.25) is 0 Å². The Morgan fingerprint density at radius 2 is 1.24 bits per heavy atom. The first-order chi connectivity index (χ1) is 17.2. The molecule has 0 spiro atoms. The first-order valence-electron chi connectivity index (χ1n) is 10.2. The van der Waals surface area contributed by atoms with Gasteiger partial charge < -0.3 is 20.2 Å². The molecule has 0 saturated carbocycles. The van der Waals surface area contributed by atoms with Crippen LogP contribution in [-0.4, -0.2) is 45.0 Å². The summed E-state index contributed by atoms with van der Waals surface area (Å²) >= 11 is 0. The van der Waals surface area contributed by atoms with Gasteiger partial charge in [0.05, 0.1) is 25.2 Å². The Bertz CT molecular complexity index is 1060. The zero-order valence-electron chi connectivity index (χ0n) is 19.5. The normalized spacial score (nSPS) is 11.2. The van der Waals surface area contributed by atoms with Crippen LogP contribution in [0.2, 0.25) is 0 Å². The third-order valence-electron chi connectivity index (χ3n) is 3.72. The van der Waals surface area contributed by atoms with Crippen LogP contribution in [0.1, 0.15) is 18.1 Å². The topological polar surface area (TPSA) is 220 Å². The molecule has 2 aromatic carbocycles. The average Bonchev–Trinajstić information content (AvgIpc) is 3.58. The molecule has 0 unspecified atom stereocenters. The largest absolute Gasteiger partial charge is 3.00 e. The van der Waals surface area contributed by atoms with Crippen molar-refractivity contribution in [2.24, 2.45) is 9.98 Å². The molecule has 4 rings (SSSR count). The van der Waals surface area contributed by atoms with Crippen molar-refractivity contribution in [3.05, 3.63) is 97.1 Å². The molecule has 37 heavy (non-hydrogen) atoms. The molecule has 0 amide bonds. The van der Waals surface area contributed by atoms with Crippen LogP contribution >= 0.6 is 0 Å². The van der Waals surface area contributed by atoms with E-state index in [2.05, 4.69) is 29.9 Å². The van der Waals surface area contributed by atoms with Gasteiger partial charge in [0.15, 0.2) is 0 Å². The Morgan fingerprint density at radius 1 is 0.811 bits per heavy atom. The molecule has 0 fully saturated rings. The second kappa shape index (κ2) is 19.6. The number of para-hydroxylation sites is 2. The summed E-state index contributed by atoms with van der Waals surface area (Å²) in [6.07, 6.45) is 13.3. The molecule has 2 N–H and O–H groups in total. The maximum Gasteiger partial charge on any atom is 3.00 e. The minimum atomic E-state index is -4.94. The van der Waals surface area contributed by atoms with E-state index in [1.54, 1.807) is 86.3 Å². The van der Waals surface area contributed by atoms with Crippen LogP contribution in [0.3, 0.4) is 0 Å². The minimum absolute atomic E-state index is 0. The molecule has 1 radical (unpaired) electrons. The summed E-state index contributed by atoms with van der Waals surface area (Å²) in [6.45, 7) is 2.37. The molecule has 2 heterocycles. The quantitative estimate of drug-likeness (QED) is 0.197. The van der Waals surface area contributed by atoms with Gasteiger partial charge in [-0.1, -0.05) is 48.5 Å². The number of imidazole rings is 2. The van der Waals surface area contributed by atoms with E-state index in [-0.39, 0.29) is 34.6 Å². The number of rotatable bonds is 5. The molecular formula is C23H24ClFeN6O6. The first-order valence-corrected chi connectivity index (χ1v) is 11.4. The van der Waals surface area contributed by atoms with Gasteiger partial charge in [0.25, 0.3) is 0 Å². The van der Waals surface area contributed by atoms with Gasteiger partial charge in [-0.2, -0.15) is 0 Å². The molecule has 0 aliphatic rings. The molecule has 12 nitrogen and oxygen atoms in total. The smallest absolute Gasteiger partial charge is 0.872 e. The Hall–Kier alpha value is -3.55. The molecule has 2 aromatic heterocycles. The maximum atomic E-state index is 11.5. The predicted octanol–water partition coefficient (Wildman–Crippen LogP) is -2.18. The number of nitrogens with zero attached hydrogens (tertiary/aromatic N) is 4. The van der Waals surface area contributed by atoms with Crippen molar-refractivity contribution in [1.82, 2.24) is 19.9 Å². The molecule has 0 saturated heterocycles. The van der Waals surface area contributed by atoms with E-state index >= 15 is 0 Å². The van der Waals surface area contributed by atoms with Crippen LogP contribution in [-0.2, 0) is 17.1 Å². The SMILES string of the molecule is C[C@@H](CN=Cc1ccccc1[O-])N=Cc1ccccc1[O-].[Fe+3].[O-][Cl+3]([O-])([O-])[O-].c1c[nH]cn1.c1c[nH]cn1. The van der Waals surface area contributed by atoms with Crippen molar-refractivity contribution in [3.8, 4) is 11.5 Å². The van der Waals surface area contributed by atoms with E-state index in [9.17, 15) is 10.2 Å². The summed E-state index contributed by atoms with van der Waals surface area (Å²) in [6, 6.07) is 13.4. The van der Waals surface area contributed by atoms with Crippen LogP contribution in [0.25, 0.3) is 0 Å². The summed E-state index contributed by atoms with van der Waals surface area (Å²) in [5.74, 6) is -0.0880. The summed E-state index contributed by atoms with van der Waals surface area (Å²) in [4.78, 5) is 21.3. The molecule has 4 aromatic rings. The molecule has 197 valence electrons. The number of aromatic amines is 2. The number of nitrogens with one attached hydrogen (secondary N) is 2. The minimum Gasteiger partial charge on any atom is -0.872 e. The van der Waals surface area contributed by atoms with Crippen LogP contribution in [0.5, 0.6) is 11.5 Å². The number of hydrogen-bond acceptors (Lipinski definition) is 10. The Morgan fingerprint density at radius 3 is 1.59 bits per heavy atom. The number of H-pyrrole nitrogens is 2. The summed E-state index contributed by atoms with van der Waals surface area (Å²) in [7, 11) is -4.94. The van der Waals surface area contributed by atoms with Gasteiger partial charge in [-0.15, -0.1) is 21.7 Å². The standard InChI is InChI=1S/C17H18N2O2.2C3H4N2.ClHO4.Fe/c1-13(19-12-15-7-3-5-9-17(15)21)10-18-11-14-6-2-4-8-16(14)20;2*1-2-5-3-4-1;2-1(3,4)5;/h2-9,11-13,20-21H,10H2,1H3;2*1-3H,(H,4,5);(H,2,3,4,5);/q;;;;+3/p-3/t13-;;;;/m0..../s1. The number of halogens is 1. The Balaban J connectivity index is 0.000000652. The molecular weight excluding hydrogens is 548 g/mol. The van der Waals surface area contributed by atoms with E-state index in [1.165, 1.54) is 12.1 Å². The van der Waals surface area contributed by atoms with Crippen LogP contribution in [0.4, 0.5) is 0 Å². The van der Waals surface area contributed by atoms with Gasteiger partial charge in [-0.05, 0) is 18.1 Å². The van der Waals surface area contributed by atoms with Crippen LogP contribution in [0, 0.1) is 10.2 Å². The van der Waals surface area contributed by atoms with Gasteiger partial charge >= 0.3 is 17.1 Å². The first kappa shape index (κ1) is 33.4. The second-order valence-corrected chi connectivity index (χ2v) is 7.35. The summed E-state index contributed by atoms with van der Waals surface area (Å²) in [5, 5.41) is 23.0. The predicted molar refractivity (Wildman–Crippen MR) is 118 cm³/mol. The third-order valence-corrected chi connectivity index (χ3v) is 3.72. The Kier molecular flexibility index (Phi) is 17.7. The van der Waals surface area contributed by atoms with Gasteiger partial charge in [-0.3, -0.25) is 9.98 Å². The molecule has 1 atom stereocenters. The third kappa shape index (κ3) is 19.3. The molecule has 14 heteroatoms. The van der Waals surface area contributed by atoms with Crippen molar-refractivity contribution in [2.45, 2.75) is 13.0 Å². The maximum absolute atomic E-state index is 11.5. The van der Waals surface area contributed by atoms with Gasteiger partial charge in [0.1, 0.15) is 0 Å². The average molecular weight is 572 g/mol. The van der Waals surface area contributed by atoms with Gasteiger partial charge in [0, 0.05) is 37.2 Å². The second-order valence-electron chi connectivity index (χ2n) is 6.60. The molecule has 0 bridgehead atoms. The molecule has 0 aliphatic heterocycles. The fourth-order valence-electron chi connectivity index (χ4n) is 2.16. The zero-order valence-corrected chi connectivity index (χ0v) is 21.4. The van der Waals surface area contributed by atoms with E-state index < -0.39 is 10.2 Å². The molecule has 0 aliphatic carbocycles. The van der Waals surface area contributed by atoms with Crippen LogP contribution < -0.4 is 28.8 Å². The van der Waals surface area contributed by atoms with Gasteiger partial charge in [-0.25, -0.2) is 28.6 Å². The fourth-order valence-corrected chi connectivity index (χ4v) is 2.16. The van der Waals surface area contributed by atoms with E-state index in [1.807, 2.05) is 6.92 Å². The zero-order chi connectivity index (χ0) is 26.7. The Labute approximate surface area is 226 Å². The van der Waals surface area contributed by atoms with Crippen molar-refractivity contribution < 1.29 is 56.2 Å². The number of benzene rings is 2. The fraction of sp³-hybridized carbons (Fsp3) is 0.130. The monoisotopic (exact) mass is 571 g/mol. The summed E-state index contributed by atoms with van der Waals surface area (Å²) in [5.41, 5.74) is 1.14. The van der Waals surface area contributed by atoms with Crippen LogP contribution in [0.15, 0.2) is 96.0 Å². The number of hydrogen-bond donors (Lipinski definition) is 2. The van der Waals surface area contributed by atoms with E-state index in [4.69, 9.17) is 18.6 Å². The van der Waals surface area contributed by atoms with Crippen molar-refractivity contribution in [3.63, 3.8) is 0 Å². The number of aliphatic imine (C=N–C) groups is 2. The van der Waals surface area contributed by atoms with Crippen molar-refractivity contribution in [2.75, 3.05) is 6.54 Å². The summed E-state index contributed by atoms with van der Waals surface area (Å²) < 4.78 is 34.0. The van der Waals surface area contributed by atoms with Crippen molar-refractivity contribution in [1.29, 1.82) is 0 Å². The van der Waals surface area contributed by atoms with E-state index in [0.717, 1.165) is 0 Å². The van der Waals surface area contributed by atoms with Crippen molar-refractivity contribution >= 4 is 12.4 Å². The number of aromatic nitrogens is 4.